The maximum atomic E-state index is 12.8. The lowest BCUT2D eigenvalue weighted by Crippen LogP contribution is -2.40. The molecule has 0 bridgehead atoms. The second-order valence-electron chi connectivity index (χ2n) is 5.89. The van der Waals surface area contributed by atoms with Crippen molar-refractivity contribution in [1.29, 1.82) is 0 Å². The number of hydrogen-bond donors (Lipinski definition) is 2. The molecule has 122 valence electrons. The molecule has 0 spiro atoms. The van der Waals surface area contributed by atoms with Crippen LogP contribution >= 0.6 is 0 Å². The van der Waals surface area contributed by atoms with Crippen molar-refractivity contribution >= 4 is 33.6 Å². The topological polar surface area (TPSA) is 88.4 Å². The summed E-state index contributed by atoms with van der Waals surface area (Å²) in [5, 5.41) is 1.80. The van der Waals surface area contributed by atoms with Gasteiger partial charge in [0.1, 0.15) is 0 Å². The maximum absolute atomic E-state index is 12.8. The van der Waals surface area contributed by atoms with Gasteiger partial charge >= 0.3 is 0 Å². The number of ether oxygens (including phenoxy) is 1. The minimum absolute atomic E-state index is 0.104. The maximum Gasteiger partial charge on any atom is 0.254 e. The van der Waals surface area contributed by atoms with Crippen LogP contribution in [0, 0.1) is 0 Å². The lowest BCUT2D eigenvalue weighted by molar-refractivity contribution is 0.0303. The van der Waals surface area contributed by atoms with Crippen molar-refractivity contribution in [1.82, 2.24) is 9.88 Å². The minimum Gasteiger partial charge on any atom is -0.378 e. The van der Waals surface area contributed by atoms with E-state index >= 15 is 0 Å². The second-order valence-corrected chi connectivity index (χ2v) is 5.89. The zero-order valence-corrected chi connectivity index (χ0v) is 13.0. The van der Waals surface area contributed by atoms with E-state index in [1.165, 1.54) is 0 Å². The van der Waals surface area contributed by atoms with Crippen LogP contribution in [0.1, 0.15) is 20.7 Å². The Kier molecular flexibility index (Phi) is 3.46. The van der Waals surface area contributed by atoms with Crippen molar-refractivity contribution in [2.75, 3.05) is 26.3 Å². The summed E-state index contributed by atoms with van der Waals surface area (Å²) in [6.07, 6.45) is 0. The molecule has 4 rings (SSSR count). The zero-order valence-electron chi connectivity index (χ0n) is 13.0. The van der Waals surface area contributed by atoms with E-state index in [0.29, 0.717) is 42.9 Å². The number of nitrogens with one attached hydrogen (secondary N) is 1. The van der Waals surface area contributed by atoms with Crippen molar-refractivity contribution in [2.45, 2.75) is 0 Å². The summed E-state index contributed by atoms with van der Waals surface area (Å²) in [5.41, 5.74) is 7.93. The summed E-state index contributed by atoms with van der Waals surface area (Å²) in [6, 6.07) is 11.2. The summed E-state index contributed by atoms with van der Waals surface area (Å²) < 4.78 is 5.29. The Morgan fingerprint density at radius 3 is 2.58 bits per heavy atom. The molecule has 1 fully saturated rings. The summed E-state index contributed by atoms with van der Waals surface area (Å²) in [5.74, 6) is -0.656. The van der Waals surface area contributed by atoms with E-state index in [1.54, 1.807) is 11.0 Å². The van der Waals surface area contributed by atoms with Crippen LogP contribution in [0.3, 0.4) is 0 Å². The molecule has 1 aliphatic rings. The Morgan fingerprint density at radius 2 is 1.83 bits per heavy atom. The van der Waals surface area contributed by atoms with E-state index in [9.17, 15) is 9.59 Å². The predicted octanol–water partition coefficient (Wildman–Crippen LogP) is 1.89. The van der Waals surface area contributed by atoms with Gasteiger partial charge in [0.05, 0.1) is 24.3 Å². The van der Waals surface area contributed by atoms with Gasteiger partial charge in [-0.3, -0.25) is 9.59 Å². The Morgan fingerprint density at radius 1 is 1.08 bits per heavy atom. The van der Waals surface area contributed by atoms with Gasteiger partial charge in [-0.05, 0) is 18.2 Å². The highest BCUT2D eigenvalue weighted by atomic mass is 16.5. The summed E-state index contributed by atoms with van der Waals surface area (Å²) in [7, 11) is 0. The molecule has 0 unspecified atom stereocenters. The molecule has 1 aliphatic heterocycles. The van der Waals surface area contributed by atoms with Crippen molar-refractivity contribution in [3.63, 3.8) is 0 Å². The highest BCUT2D eigenvalue weighted by Crippen LogP contribution is 2.29. The third kappa shape index (κ3) is 2.32. The fourth-order valence-corrected chi connectivity index (χ4v) is 3.22. The van der Waals surface area contributed by atoms with Crippen LogP contribution in [-0.4, -0.2) is 48.0 Å². The third-order valence-electron chi connectivity index (χ3n) is 4.43. The van der Waals surface area contributed by atoms with E-state index in [-0.39, 0.29) is 5.91 Å². The number of para-hydroxylation sites is 1. The monoisotopic (exact) mass is 323 g/mol. The quantitative estimate of drug-likeness (QED) is 0.755. The first-order valence-electron chi connectivity index (χ1n) is 7.86. The van der Waals surface area contributed by atoms with E-state index in [0.717, 1.165) is 16.3 Å². The molecule has 2 aromatic carbocycles. The molecule has 0 aliphatic carbocycles. The first-order valence-corrected chi connectivity index (χ1v) is 7.86. The van der Waals surface area contributed by atoms with Gasteiger partial charge in [-0.15, -0.1) is 0 Å². The van der Waals surface area contributed by atoms with Gasteiger partial charge < -0.3 is 20.4 Å². The number of aromatic amines is 1. The SMILES string of the molecule is NC(=O)c1cc(C(=O)N2CCOCC2)cc2c1[nH]c1ccccc12. The Balaban J connectivity index is 1.91. The molecule has 2 amide bonds. The smallest absolute Gasteiger partial charge is 0.254 e. The molecule has 3 aromatic rings. The molecule has 24 heavy (non-hydrogen) atoms. The number of amides is 2. The van der Waals surface area contributed by atoms with E-state index in [1.807, 2.05) is 30.3 Å². The van der Waals surface area contributed by atoms with Crippen LogP contribution in [0.5, 0.6) is 0 Å². The van der Waals surface area contributed by atoms with Gasteiger partial charge in [0.25, 0.3) is 11.8 Å². The highest BCUT2D eigenvalue weighted by Gasteiger charge is 2.22. The first kappa shape index (κ1) is 14.7. The van der Waals surface area contributed by atoms with Crippen molar-refractivity contribution in [3.05, 3.63) is 47.5 Å². The molecular weight excluding hydrogens is 306 g/mol. The average Bonchev–Trinajstić information content (AvgIpc) is 2.99. The van der Waals surface area contributed by atoms with E-state index < -0.39 is 5.91 Å². The van der Waals surface area contributed by atoms with Crippen molar-refractivity contribution < 1.29 is 14.3 Å². The lowest BCUT2D eigenvalue weighted by Gasteiger charge is -2.27. The van der Waals surface area contributed by atoms with Gasteiger partial charge in [0.2, 0.25) is 0 Å². The summed E-state index contributed by atoms with van der Waals surface area (Å²) in [6.45, 7) is 2.17. The van der Waals surface area contributed by atoms with Gasteiger partial charge in [-0.25, -0.2) is 0 Å². The standard InChI is InChI=1S/C18H17N3O3/c19-17(22)14-10-11(18(23)21-5-7-24-8-6-21)9-13-12-3-1-2-4-15(12)20-16(13)14/h1-4,9-10,20H,5-8H2,(H2,19,22). The molecule has 3 N–H and O–H groups in total. The number of hydrogen-bond acceptors (Lipinski definition) is 3. The fourth-order valence-electron chi connectivity index (χ4n) is 3.22. The molecular formula is C18H17N3O3. The first-order chi connectivity index (χ1) is 11.6. The van der Waals surface area contributed by atoms with E-state index in [2.05, 4.69) is 4.98 Å². The largest absolute Gasteiger partial charge is 0.378 e. The number of carbonyl (C=O) groups excluding carboxylic acids is 2. The number of nitrogens with two attached hydrogens (primary N) is 1. The van der Waals surface area contributed by atoms with Gasteiger partial charge in [-0.1, -0.05) is 18.2 Å². The Labute approximate surface area is 138 Å². The van der Waals surface area contributed by atoms with Crippen LogP contribution in [-0.2, 0) is 4.74 Å². The van der Waals surface area contributed by atoms with Crippen LogP contribution in [0.15, 0.2) is 36.4 Å². The molecule has 0 saturated carbocycles. The van der Waals surface area contributed by atoms with Crippen LogP contribution in [0.2, 0.25) is 0 Å². The number of primary amides is 1. The number of carbonyl (C=O) groups is 2. The molecule has 6 nitrogen and oxygen atoms in total. The van der Waals surface area contributed by atoms with Crippen molar-refractivity contribution in [3.8, 4) is 0 Å². The van der Waals surface area contributed by atoms with Crippen LogP contribution in [0.25, 0.3) is 21.8 Å². The molecule has 0 atom stereocenters. The molecule has 1 aromatic heterocycles. The predicted molar refractivity (Wildman–Crippen MR) is 91.0 cm³/mol. The Hall–Kier alpha value is -2.86. The number of fused-ring (bicyclic) bond motifs is 3. The van der Waals surface area contributed by atoms with Gasteiger partial charge in [0, 0.05) is 34.9 Å². The van der Waals surface area contributed by atoms with E-state index in [4.69, 9.17) is 10.5 Å². The van der Waals surface area contributed by atoms with Crippen LogP contribution < -0.4 is 5.73 Å². The average molecular weight is 323 g/mol. The van der Waals surface area contributed by atoms with Crippen LogP contribution in [0.4, 0.5) is 0 Å². The number of nitrogens with zero attached hydrogens (tertiary/aromatic N) is 1. The highest BCUT2D eigenvalue weighted by molar-refractivity contribution is 6.17. The minimum atomic E-state index is -0.553. The van der Waals surface area contributed by atoms with Gasteiger partial charge in [-0.2, -0.15) is 0 Å². The number of morpholine rings is 1. The summed E-state index contributed by atoms with van der Waals surface area (Å²) in [4.78, 5) is 29.7. The second kappa shape index (κ2) is 5.65. The molecule has 0 radical (unpaired) electrons. The molecule has 1 saturated heterocycles. The number of rotatable bonds is 2. The number of aromatic nitrogens is 1. The number of H-pyrrole nitrogens is 1. The third-order valence-corrected chi connectivity index (χ3v) is 4.43. The molecule has 2 heterocycles. The fraction of sp³-hybridized carbons (Fsp3) is 0.222. The molecule has 6 heteroatoms. The van der Waals surface area contributed by atoms with Crippen molar-refractivity contribution in [2.24, 2.45) is 5.73 Å². The van der Waals surface area contributed by atoms with Gasteiger partial charge in [0.15, 0.2) is 0 Å². The normalized spacial score (nSPS) is 15.1. The number of benzene rings is 2. The lowest BCUT2D eigenvalue weighted by atomic mass is 10.0. The zero-order chi connectivity index (χ0) is 16.7. The Bertz CT molecular complexity index is 955. The summed E-state index contributed by atoms with van der Waals surface area (Å²) >= 11 is 0.